The number of methoxy groups -OCH3 is 1. The molecular formula is C16H21N3O4. The van der Waals surface area contributed by atoms with E-state index < -0.39 is 12.1 Å². The number of nitrogens with one attached hydrogen (secondary N) is 1. The van der Waals surface area contributed by atoms with Crippen LogP contribution in [0, 0.1) is 0 Å². The van der Waals surface area contributed by atoms with E-state index in [0.717, 1.165) is 11.4 Å². The van der Waals surface area contributed by atoms with Gasteiger partial charge in [-0.3, -0.25) is 4.90 Å². The second kappa shape index (κ2) is 7.64. The first-order valence-corrected chi connectivity index (χ1v) is 7.22. The zero-order chi connectivity index (χ0) is 16.8. The van der Waals surface area contributed by atoms with E-state index in [0.29, 0.717) is 24.6 Å². The highest BCUT2D eigenvalue weighted by Gasteiger charge is 2.16. The van der Waals surface area contributed by atoms with Crippen molar-refractivity contribution in [3.05, 3.63) is 42.0 Å². The molecule has 124 valence electrons. The summed E-state index contributed by atoms with van der Waals surface area (Å²) in [5.41, 5.74) is 1.03. The Kier molecular flexibility index (Phi) is 5.59. The number of aliphatic carboxylic acids is 1. The topological polar surface area (TPSA) is 87.7 Å². The van der Waals surface area contributed by atoms with Crippen LogP contribution in [0.5, 0.6) is 11.5 Å². The monoisotopic (exact) mass is 319 g/mol. The Bertz CT molecular complexity index is 643. The van der Waals surface area contributed by atoms with Crippen LogP contribution < -0.4 is 9.47 Å². The number of imidazole rings is 1. The molecule has 1 aromatic carbocycles. The van der Waals surface area contributed by atoms with Crippen LogP contribution in [0.2, 0.25) is 0 Å². The molecule has 0 aliphatic carbocycles. The molecule has 1 heterocycles. The van der Waals surface area contributed by atoms with Crippen LogP contribution in [0.15, 0.2) is 30.6 Å². The number of carboxylic acid groups (broad SMARTS) is 1. The predicted molar refractivity (Wildman–Crippen MR) is 84.5 cm³/mol. The molecule has 2 aromatic rings. The molecule has 2 rings (SSSR count). The van der Waals surface area contributed by atoms with Crippen LogP contribution >= 0.6 is 0 Å². The Labute approximate surface area is 134 Å². The molecule has 0 saturated carbocycles. The molecule has 0 spiro atoms. The second-order valence-electron chi connectivity index (χ2n) is 5.29. The summed E-state index contributed by atoms with van der Waals surface area (Å²) >= 11 is 0. The molecule has 7 heteroatoms. The molecule has 0 aliphatic heterocycles. The Morgan fingerprint density at radius 2 is 2.17 bits per heavy atom. The van der Waals surface area contributed by atoms with Gasteiger partial charge in [0, 0.05) is 18.9 Å². The average Bonchev–Trinajstić information content (AvgIpc) is 3.01. The van der Waals surface area contributed by atoms with Crippen molar-refractivity contribution >= 4 is 5.97 Å². The summed E-state index contributed by atoms with van der Waals surface area (Å²) < 4.78 is 10.7. The third kappa shape index (κ3) is 4.72. The third-order valence-corrected chi connectivity index (χ3v) is 3.31. The van der Waals surface area contributed by atoms with Gasteiger partial charge in [0.05, 0.1) is 13.7 Å². The number of aromatic amines is 1. The number of rotatable bonds is 8. The van der Waals surface area contributed by atoms with E-state index >= 15 is 0 Å². The summed E-state index contributed by atoms with van der Waals surface area (Å²) in [6.07, 6.45) is 2.58. The van der Waals surface area contributed by atoms with Crippen molar-refractivity contribution < 1.29 is 19.4 Å². The number of benzene rings is 1. The minimum Gasteiger partial charge on any atom is -0.493 e. The maximum Gasteiger partial charge on any atom is 0.344 e. The van der Waals surface area contributed by atoms with Crippen LogP contribution in [0.25, 0.3) is 0 Å². The van der Waals surface area contributed by atoms with E-state index in [1.54, 1.807) is 18.5 Å². The van der Waals surface area contributed by atoms with Crippen molar-refractivity contribution in [2.24, 2.45) is 0 Å². The van der Waals surface area contributed by atoms with Gasteiger partial charge in [0.15, 0.2) is 17.6 Å². The van der Waals surface area contributed by atoms with Gasteiger partial charge in [0.1, 0.15) is 5.82 Å². The standard InChI is InChI=1S/C16H21N3O4/c1-11(16(20)21)23-13-5-4-12(8-14(13)22-3)9-19(2)10-15-17-6-7-18-15/h4-8,11H,9-10H2,1-3H3,(H,17,18)(H,20,21). The molecular weight excluding hydrogens is 298 g/mol. The van der Waals surface area contributed by atoms with Gasteiger partial charge >= 0.3 is 5.97 Å². The highest BCUT2D eigenvalue weighted by Crippen LogP contribution is 2.29. The highest BCUT2D eigenvalue weighted by atomic mass is 16.5. The first kappa shape index (κ1) is 16.8. The van der Waals surface area contributed by atoms with Crippen molar-refractivity contribution in [2.45, 2.75) is 26.1 Å². The van der Waals surface area contributed by atoms with Crippen molar-refractivity contribution in [1.29, 1.82) is 0 Å². The number of hydrogen-bond acceptors (Lipinski definition) is 5. The minimum absolute atomic E-state index is 0.417. The van der Waals surface area contributed by atoms with E-state index in [2.05, 4.69) is 14.9 Å². The van der Waals surface area contributed by atoms with Crippen LogP contribution in [0.3, 0.4) is 0 Å². The largest absolute Gasteiger partial charge is 0.493 e. The fourth-order valence-corrected chi connectivity index (χ4v) is 2.16. The molecule has 0 saturated heterocycles. The van der Waals surface area contributed by atoms with Crippen LogP contribution in [-0.4, -0.2) is 46.2 Å². The lowest BCUT2D eigenvalue weighted by Crippen LogP contribution is -2.23. The summed E-state index contributed by atoms with van der Waals surface area (Å²) in [7, 11) is 3.52. The second-order valence-corrected chi connectivity index (χ2v) is 5.29. The summed E-state index contributed by atoms with van der Waals surface area (Å²) in [5.74, 6) is 0.811. The van der Waals surface area contributed by atoms with Gasteiger partial charge in [0.2, 0.25) is 0 Å². The lowest BCUT2D eigenvalue weighted by molar-refractivity contribution is -0.144. The Balaban J connectivity index is 2.04. The van der Waals surface area contributed by atoms with Gasteiger partial charge in [0.25, 0.3) is 0 Å². The minimum atomic E-state index is -1.02. The van der Waals surface area contributed by atoms with E-state index in [4.69, 9.17) is 14.6 Å². The van der Waals surface area contributed by atoms with Crippen molar-refractivity contribution in [2.75, 3.05) is 14.2 Å². The van der Waals surface area contributed by atoms with Crippen LogP contribution in [0.4, 0.5) is 0 Å². The maximum absolute atomic E-state index is 10.9. The molecule has 1 aromatic heterocycles. The molecule has 0 bridgehead atoms. The summed E-state index contributed by atoms with van der Waals surface area (Å²) in [6.45, 7) is 2.88. The molecule has 7 nitrogen and oxygen atoms in total. The van der Waals surface area contributed by atoms with Crippen molar-refractivity contribution in [1.82, 2.24) is 14.9 Å². The molecule has 2 N–H and O–H groups in total. The van der Waals surface area contributed by atoms with Gasteiger partial charge in [-0.2, -0.15) is 0 Å². The SMILES string of the molecule is COc1cc(CN(C)Cc2ncc[nH]2)ccc1OC(C)C(=O)O. The van der Waals surface area contributed by atoms with E-state index in [1.807, 2.05) is 19.2 Å². The fraction of sp³-hybridized carbons (Fsp3) is 0.375. The lowest BCUT2D eigenvalue weighted by atomic mass is 10.2. The Hall–Kier alpha value is -2.54. The molecule has 0 fully saturated rings. The van der Waals surface area contributed by atoms with Gasteiger partial charge in [-0.1, -0.05) is 6.07 Å². The maximum atomic E-state index is 10.9. The first-order chi connectivity index (χ1) is 11.0. The van der Waals surface area contributed by atoms with Crippen LogP contribution in [0.1, 0.15) is 18.3 Å². The quantitative estimate of drug-likeness (QED) is 0.773. The number of carboxylic acids is 1. The average molecular weight is 319 g/mol. The van der Waals surface area contributed by atoms with Crippen molar-refractivity contribution in [3.8, 4) is 11.5 Å². The Morgan fingerprint density at radius 3 is 2.78 bits per heavy atom. The van der Waals surface area contributed by atoms with E-state index in [9.17, 15) is 4.79 Å². The highest BCUT2D eigenvalue weighted by molar-refractivity contribution is 5.72. The number of aromatic nitrogens is 2. The zero-order valence-corrected chi connectivity index (χ0v) is 13.4. The zero-order valence-electron chi connectivity index (χ0n) is 13.4. The molecule has 0 amide bonds. The molecule has 23 heavy (non-hydrogen) atoms. The lowest BCUT2D eigenvalue weighted by Gasteiger charge is -2.18. The van der Waals surface area contributed by atoms with Gasteiger partial charge < -0.3 is 19.6 Å². The van der Waals surface area contributed by atoms with Gasteiger partial charge in [-0.05, 0) is 31.7 Å². The van der Waals surface area contributed by atoms with Gasteiger partial charge in [-0.15, -0.1) is 0 Å². The normalized spacial score (nSPS) is 12.2. The predicted octanol–water partition coefficient (Wildman–Crippen LogP) is 1.90. The molecule has 0 aliphatic rings. The summed E-state index contributed by atoms with van der Waals surface area (Å²) in [5, 5.41) is 8.92. The number of nitrogens with zero attached hydrogens (tertiary/aromatic N) is 2. The first-order valence-electron chi connectivity index (χ1n) is 7.22. The van der Waals surface area contributed by atoms with Crippen LogP contribution in [-0.2, 0) is 17.9 Å². The third-order valence-electron chi connectivity index (χ3n) is 3.31. The van der Waals surface area contributed by atoms with Crippen molar-refractivity contribution in [3.63, 3.8) is 0 Å². The number of hydrogen-bond donors (Lipinski definition) is 2. The summed E-state index contributed by atoms with van der Waals surface area (Å²) in [4.78, 5) is 20.3. The van der Waals surface area contributed by atoms with E-state index in [-0.39, 0.29) is 0 Å². The Morgan fingerprint density at radius 1 is 1.39 bits per heavy atom. The molecule has 0 radical (unpaired) electrons. The van der Waals surface area contributed by atoms with Gasteiger partial charge in [-0.25, -0.2) is 9.78 Å². The number of carbonyl (C=O) groups is 1. The number of H-pyrrole nitrogens is 1. The number of ether oxygens (including phenoxy) is 2. The van der Waals surface area contributed by atoms with E-state index in [1.165, 1.54) is 14.0 Å². The fourth-order valence-electron chi connectivity index (χ4n) is 2.16. The molecule has 1 atom stereocenters. The summed E-state index contributed by atoms with van der Waals surface area (Å²) in [6, 6.07) is 5.47. The molecule has 1 unspecified atom stereocenters. The smallest absolute Gasteiger partial charge is 0.344 e.